The van der Waals surface area contributed by atoms with Crippen LogP contribution in [0, 0.1) is 24.2 Å². The van der Waals surface area contributed by atoms with E-state index in [1.807, 2.05) is 13.0 Å². The van der Waals surface area contributed by atoms with Gasteiger partial charge in [0.25, 0.3) is 0 Å². The minimum absolute atomic E-state index is 0.0727. The fourth-order valence-electron chi connectivity index (χ4n) is 2.81. The van der Waals surface area contributed by atoms with E-state index >= 15 is 0 Å². The lowest BCUT2D eigenvalue weighted by Crippen LogP contribution is -2.48. The van der Waals surface area contributed by atoms with Gasteiger partial charge in [-0.15, -0.1) is 0 Å². The van der Waals surface area contributed by atoms with Crippen LogP contribution in [0.5, 0.6) is 0 Å². The van der Waals surface area contributed by atoms with Gasteiger partial charge in [-0.1, -0.05) is 13.3 Å². The quantitative estimate of drug-likeness (QED) is 0.919. The second kappa shape index (κ2) is 6.14. The molecular formula is C15H21N3O2S. The lowest BCUT2D eigenvalue weighted by molar-refractivity contribution is 0.230. The second-order valence-electron chi connectivity index (χ2n) is 5.58. The number of nitrogens with two attached hydrogens (primary N) is 1. The standard InChI is InChI=1S/C15H21N3O2S/c1-3-13-10-18(7-6-14(13)17)21(19,20)15-5-4-12(9-16)8-11(15)2/h4-5,8,13-14H,3,6-7,10,17H2,1-2H3. The summed E-state index contributed by atoms with van der Waals surface area (Å²) in [5.41, 5.74) is 7.12. The zero-order valence-electron chi connectivity index (χ0n) is 12.4. The topological polar surface area (TPSA) is 87.2 Å². The number of sulfonamides is 1. The van der Waals surface area contributed by atoms with Crippen LogP contribution in [0.3, 0.4) is 0 Å². The molecule has 0 radical (unpaired) electrons. The van der Waals surface area contributed by atoms with E-state index in [4.69, 9.17) is 11.0 Å². The summed E-state index contributed by atoms with van der Waals surface area (Å²) in [6.45, 7) is 4.69. The molecule has 1 heterocycles. The maximum absolute atomic E-state index is 12.8. The minimum atomic E-state index is -3.52. The minimum Gasteiger partial charge on any atom is -0.327 e. The highest BCUT2D eigenvalue weighted by Crippen LogP contribution is 2.26. The Bertz CT molecular complexity index is 664. The Morgan fingerprint density at radius 1 is 1.48 bits per heavy atom. The first kappa shape index (κ1) is 16.0. The largest absolute Gasteiger partial charge is 0.327 e. The Hall–Kier alpha value is -1.42. The number of aryl methyl sites for hydroxylation is 1. The van der Waals surface area contributed by atoms with E-state index in [2.05, 4.69) is 0 Å². The number of hydrogen-bond donors (Lipinski definition) is 1. The molecule has 0 amide bonds. The molecule has 2 atom stereocenters. The van der Waals surface area contributed by atoms with Crippen LogP contribution in [-0.2, 0) is 10.0 Å². The number of benzene rings is 1. The van der Waals surface area contributed by atoms with Crippen LogP contribution >= 0.6 is 0 Å². The van der Waals surface area contributed by atoms with Gasteiger partial charge in [-0.25, -0.2) is 8.42 Å². The highest BCUT2D eigenvalue weighted by molar-refractivity contribution is 7.89. The molecule has 21 heavy (non-hydrogen) atoms. The van der Waals surface area contributed by atoms with Crippen LogP contribution in [0.4, 0.5) is 0 Å². The van der Waals surface area contributed by atoms with Crippen LogP contribution in [0.1, 0.15) is 30.9 Å². The molecule has 1 aromatic rings. The molecule has 114 valence electrons. The summed E-state index contributed by atoms with van der Waals surface area (Å²) in [5.74, 6) is 0.201. The lowest BCUT2D eigenvalue weighted by atomic mass is 9.92. The van der Waals surface area contributed by atoms with Crippen molar-refractivity contribution >= 4 is 10.0 Å². The highest BCUT2D eigenvalue weighted by atomic mass is 32.2. The summed E-state index contributed by atoms with van der Waals surface area (Å²) in [7, 11) is -3.52. The molecule has 0 aromatic heterocycles. The molecule has 0 saturated carbocycles. The summed E-state index contributed by atoms with van der Waals surface area (Å²) >= 11 is 0. The first-order valence-corrected chi connectivity index (χ1v) is 8.60. The molecule has 1 fully saturated rings. The average molecular weight is 307 g/mol. The van der Waals surface area contributed by atoms with Gasteiger partial charge in [0.15, 0.2) is 0 Å². The van der Waals surface area contributed by atoms with Gasteiger partial charge < -0.3 is 5.73 Å². The highest BCUT2D eigenvalue weighted by Gasteiger charge is 2.33. The Morgan fingerprint density at radius 3 is 2.76 bits per heavy atom. The number of nitriles is 1. The first-order valence-electron chi connectivity index (χ1n) is 7.16. The molecule has 0 aliphatic carbocycles. The fourth-order valence-corrected chi connectivity index (χ4v) is 4.53. The van der Waals surface area contributed by atoms with E-state index in [9.17, 15) is 8.42 Å². The molecule has 1 aliphatic heterocycles. The predicted molar refractivity (Wildman–Crippen MR) is 81.0 cm³/mol. The summed E-state index contributed by atoms with van der Waals surface area (Å²) in [5, 5.41) is 8.88. The molecule has 2 N–H and O–H groups in total. The van der Waals surface area contributed by atoms with E-state index in [-0.39, 0.29) is 16.9 Å². The van der Waals surface area contributed by atoms with Gasteiger partial charge in [-0.2, -0.15) is 9.57 Å². The Labute approximate surface area is 126 Å². The summed E-state index contributed by atoms with van der Waals surface area (Å²) in [6.07, 6.45) is 1.56. The van der Waals surface area contributed by atoms with E-state index < -0.39 is 10.0 Å². The van der Waals surface area contributed by atoms with Gasteiger partial charge in [-0.05, 0) is 43.0 Å². The van der Waals surface area contributed by atoms with Crippen LogP contribution in [0.25, 0.3) is 0 Å². The van der Waals surface area contributed by atoms with Crippen molar-refractivity contribution in [2.75, 3.05) is 13.1 Å². The van der Waals surface area contributed by atoms with E-state index in [0.717, 1.165) is 6.42 Å². The third-order valence-corrected chi connectivity index (χ3v) is 6.23. The maximum Gasteiger partial charge on any atom is 0.243 e. The zero-order chi connectivity index (χ0) is 15.6. The van der Waals surface area contributed by atoms with Crippen LogP contribution < -0.4 is 5.73 Å². The third kappa shape index (κ3) is 3.10. The Morgan fingerprint density at radius 2 is 2.19 bits per heavy atom. The molecule has 1 aliphatic rings. The van der Waals surface area contributed by atoms with Crippen LogP contribution in [0.2, 0.25) is 0 Å². The zero-order valence-corrected chi connectivity index (χ0v) is 13.2. The van der Waals surface area contributed by atoms with Crippen molar-refractivity contribution in [2.24, 2.45) is 11.7 Å². The van der Waals surface area contributed by atoms with Crippen molar-refractivity contribution in [1.82, 2.24) is 4.31 Å². The molecule has 0 bridgehead atoms. The van der Waals surface area contributed by atoms with Gasteiger partial charge in [0.05, 0.1) is 16.5 Å². The summed E-state index contributed by atoms with van der Waals surface area (Å²) < 4.78 is 27.1. The first-order chi connectivity index (χ1) is 9.90. The molecule has 1 aromatic carbocycles. The van der Waals surface area contributed by atoms with E-state index in [1.165, 1.54) is 10.4 Å². The molecule has 6 heteroatoms. The van der Waals surface area contributed by atoms with Gasteiger partial charge in [0, 0.05) is 19.1 Å². The van der Waals surface area contributed by atoms with E-state index in [0.29, 0.717) is 30.6 Å². The summed E-state index contributed by atoms with van der Waals surface area (Å²) in [4.78, 5) is 0.284. The van der Waals surface area contributed by atoms with Crippen molar-refractivity contribution in [3.8, 4) is 6.07 Å². The number of rotatable bonds is 3. The monoisotopic (exact) mass is 307 g/mol. The number of hydrogen-bond acceptors (Lipinski definition) is 4. The van der Waals surface area contributed by atoms with Crippen molar-refractivity contribution < 1.29 is 8.42 Å². The average Bonchev–Trinajstić information content (AvgIpc) is 2.47. The van der Waals surface area contributed by atoms with Crippen molar-refractivity contribution in [2.45, 2.75) is 37.6 Å². The van der Waals surface area contributed by atoms with Gasteiger partial charge >= 0.3 is 0 Å². The van der Waals surface area contributed by atoms with Gasteiger partial charge in [0.2, 0.25) is 10.0 Å². The maximum atomic E-state index is 12.8. The molecule has 1 saturated heterocycles. The fraction of sp³-hybridized carbons (Fsp3) is 0.533. The van der Waals surface area contributed by atoms with Crippen LogP contribution in [-0.4, -0.2) is 31.9 Å². The predicted octanol–water partition coefficient (Wildman–Crippen LogP) is 1.61. The third-order valence-electron chi connectivity index (χ3n) is 4.20. The van der Waals surface area contributed by atoms with Crippen LogP contribution in [0.15, 0.2) is 23.1 Å². The molecule has 0 spiro atoms. The number of piperidine rings is 1. The molecular weight excluding hydrogens is 286 g/mol. The second-order valence-corrected chi connectivity index (χ2v) is 7.48. The Balaban J connectivity index is 2.32. The van der Waals surface area contributed by atoms with Crippen molar-refractivity contribution in [3.05, 3.63) is 29.3 Å². The Kier molecular flexibility index (Phi) is 4.67. The van der Waals surface area contributed by atoms with Gasteiger partial charge in [-0.3, -0.25) is 0 Å². The lowest BCUT2D eigenvalue weighted by Gasteiger charge is -2.35. The van der Waals surface area contributed by atoms with E-state index in [1.54, 1.807) is 19.1 Å². The van der Waals surface area contributed by atoms with Gasteiger partial charge in [0.1, 0.15) is 0 Å². The summed E-state index contributed by atoms with van der Waals surface area (Å²) in [6, 6.07) is 6.78. The molecule has 5 nitrogen and oxygen atoms in total. The normalized spacial score (nSPS) is 23.7. The van der Waals surface area contributed by atoms with Crippen molar-refractivity contribution in [3.63, 3.8) is 0 Å². The molecule has 2 rings (SSSR count). The number of nitrogens with zero attached hydrogens (tertiary/aromatic N) is 2. The molecule has 2 unspecified atom stereocenters. The smallest absolute Gasteiger partial charge is 0.243 e. The SMILES string of the molecule is CCC1CN(S(=O)(=O)c2ccc(C#N)cc2C)CCC1N. The van der Waals surface area contributed by atoms with Crippen molar-refractivity contribution in [1.29, 1.82) is 5.26 Å².